The predicted octanol–water partition coefficient (Wildman–Crippen LogP) is 2.85. The third-order valence-electron chi connectivity index (χ3n) is 2.43. The van der Waals surface area contributed by atoms with Crippen LogP contribution in [-0.2, 0) is 0 Å². The van der Waals surface area contributed by atoms with Crippen LogP contribution >= 0.6 is 15.9 Å². The van der Waals surface area contributed by atoms with Crippen LogP contribution in [0.5, 0.6) is 0 Å². The van der Waals surface area contributed by atoms with Crippen LogP contribution in [0.1, 0.15) is 23.7 Å². The van der Waals surface area contributed by atoms with Crippen molar-refractivity contribution in [3.05, 3.63) is 44.2 Å². The van der Waals surface area contributed by atoms with Crippen molar-refractivity contribution < 1.29 is 10.2 Å². The number of aliphatic hydroxyl groups is 2. The van der Waals surface area contributed by atoms with Crippen molar-refractivity contribution in [3.8, 4) is 0 Å². The maximum absolute atomic E-state index is 9.95. The van der Waals surface area contributed by atoms with Crippen molar-refractivity contribution in [2.24, 2.45) is 5.11 Å². The van der Waals surface area contributed by atoms with Crippen LogP contribution in [0.15, 0.2) is 27.8 Å². The molecule has 92 valence electrons. The molecular formula is C11H14BrN3O2. The summed E-state index contributed by atoms with van der Waals surface area (Å²) >= 11 is 3.34. The summed E-state index contributed by atoms with van der Waals surface area (Å²) in [5, 5.41) is 23.0. The molecule has 0 aliphatic carbocycles. The third-order valence-corrected chi connectivity index (χ3v) is 3.11. The molecule has 1 rings (SSSR count). The zero-order valence-electron chi connectivity index (χ0n) is 9.41. The molecule has 0 saturated carbocycles. The fourth-order valence-corrected chi connectivity index (χ4v) is 2.20. The number of azide groups is 1. The number of hydrogen-bond acceptors (Lipinski definition) is 3. The van der Waals surface area contributed by atoms with Crippen LogP contribution in [0.3, 0.4) is 0 Å². The molecule has 17 heavy (non-hydrogen) atoms. The summed E-state index contributed by atoms with van der Waals surface area (Å²) in [6.45, 7) is 2.11. The first-order valence-corrected chi connectivity index (χ1v) is 5.98. The van der Waals surface area contributed by atoms with Gasteiger partial charge in [-0.05, 0) is 36.1 Å². The molecule has 0 heterocycles. The number of benzene rings is 1. The van der Waals surface area contributed by atoms with E-state index in [-0.39, 0.29) is 13.0 Å². The number of aliphatic hydroxyl groups excluding tert-OH is 2. The number of nitrogens with zero attached hydrogens (tertiary/aromatic N) is 3. The number of aryl methyl sites for hydroxylation is 1. The highest BCUT2D eigenvalue weighted by Crippen LogP contribution is 2.27. The predicted molar refractivity (Wildman–Crippen MR) is 68.5 cm³/mol. The summed E-state index contributed by atoms with van der Waals surface area (Å²) in [5.41, 5.74) is 9.81. The summed E-state index contributed by atoms with van der Waals surface area (Å²) in [6.07, 6.45) is -1.70. The van der Waals surface area contributed by atoms with Crippen molar-refractivity contribution in [1.82, 2.24) is 0 Å². The average Bonchev–Trinajstić information content (AvgIpc) is 2.28. The minimum absolute atomic E-state index is 0.165. The van der Waals surface area contributed by atoms with Crippen molar-refractivity contribution >= 4 is 15.9 Å². The van der Waals surface area contributed by atoms with E-state index in [1.807, 2.05) is 19.1 Å². The molecule has 5 nitrogen and oxygen atoms in total. The van der Waals surface area contributed by atoms with Gasteiger partial charge in [0.1, 0.15) is 6.10 Å². The Labute approximate surface area is 108 Å². The van der Waals surface area contributed by atoms with Crippen molar-refractivity contribution in [3.63, 3.8) is 0 Å². The summed E-state index contributed by atoms with van der Waals surface area (Å²) < 4.78 is 0.757. The van der Waals surface area contributed by atoms with Gasteiger partial charge in [-0.3, -0.25) is 0 Å². The second-order valence-corrected chi connectivity index (χ2v) is 4.63. The summed E-state index contributed by atoms with van der Waals surface area (Å²) in [5.74, 6) is 0. The van der Waals surface area contributed by atoms with Gasteiger partial charge in [-0.2, -0.15) is 0 Å². The van der Waals surface area contributed by atoms with Crippen molar-refractivity contribution in [2.45, 2.75) is 25.6 Å². The van der Waals surface area contributed by atoms with E-state index in [1.54, 1.807) is 6.07 Å². The highest BCUT2D eigenvalue weighted by atomic mass is 79.9. The number of rotatable bonds is 5. The minimum atomic E-state index is -0.987. The van der Waals surface area contributed by atoms with E-state index >= 15 is 0 Å². The first-order chi connectivity index (χ1) is 8.06. The zero-order valence-corrected chi connectivity index (χ0v) is 11.0. The van der Waals surface area contributed by atoms with Gasteiger partial charge in [-0.25, -0.2) is 0 Å². The lowest BCUT2D eigenvalue weighted by Crippen LogP contribution is -2.19. The Hall–Kier alpha value is -1.07. The van der Waals surface area contributed by atoms with Gasteiger partial charge in [-0.1, -0.05) is 33.2 Å². The maximum Gasteiger partial charge on any atom is 0.106 e. The summed E-state index contributed by atoms with van der Waals surface area (Å²) in [4.78, 5) is 2.59. The standard InChI is InChI=1S/C11H14BrN3O2/c1-7-2-3-8(9(12)6-7)11(17)10(16)4-5-14-15-13/h2-3,6,10-11,16-17H,4-5H2,1H3. The fourth-order valence-electron chi connectivity index (χ4n) is 1.47. The van der Waals surface area contributed by atoms with E-state index in [2.05, 4.69) is 26.0 Å². The molecule has 0 aliphatic rings. The summed E-state index contributed by atoms with van der Waals surface area (Å²) in [6, 6.07) is 5.50. The molecule has 0 amide bonds. The molecule has 2 atom stereocenters. The second kappa shape index (κ2) is 6.61. The van der Waals surface area contributed by atoms with Gasteiger partial charge in [0, 0.05) is 15.9 Å². The van der Waals surface area contributed by atoms with Crippen LogP contribution < -0.4 is 0 Å². The SMILES string of the molecule is Cc1ccc(C(O)C(O)CCN=[N+]=[N-])c(Br)c1. The zero-order chi connectivity index (χ0) is 12.8. The third kappa shape index (κ3) is 4.02. The molecular weight excluding hydrogens is 286 g/mol. The average molecular weight is 300 g/mol. The largest absolute Gasteiger partial charge is 0.390 e. The lowest BCUT2D eigenvalue weighted by atomic mass is 10.0. The quantitative estimate of drug-likeness (QED) is 0.497. The second-order valence-electron chi connectivity index (χ2n) is 3.78. The van der Waals surface area contributed by atoms with Crippen LogP contribution in [0.4, 0.5) is 0 Å². The molecule has 1 aromatic rings. The maximum atomic E-state index is 9.95. The Balaban J connectivity index is 2.73. The highest BCUT2D eigenvalue weighted by Gasteiger charge is 2.19. The van der Waals surface area contributed by atoms with Crippen LogP contribution in [0.2, 0.25) is 0 Å². The molecule has 0 aliphatic heterocycles. The van der Waals surface area contributed by atoms with Gasteiger partial charge in [0.15, 0.2) is 0 Å². The molecule has 2 N–H and O–H groups in total. The van der Waals surface area contributed by atoms with Gasteiger partial charge in [-0.15, -0.1) is 0 Å². The number of halogens is 1. The first-order valence-electron chi connectivity index (χ1n) is 5.19. The Morgan fingerprint density at radius 2 is 2.18 bits per heavy atom. The molecule has 0 fully saturated rings. The van der Waals surface area contributed by atoms with Crippen LogP contribution in [0.25, 0.3) is 10.4 Å². The molecule has 0 saturated heterocycles. The van der Waals surface area contributed by atoms with Crippen molar-refractivity contribution in [2.75, 3.05) is 6.54 Å². The minimum Gasteiger partial charge on any atom is -0.390 e. The Morgan fingerprint density at radius 1 is 1.47 bits per heavy atom. The Kier molecular flexibility index (Phi) is 5.44. The van der Waals surface area contributed by atoms with Gasteiger partial charge < -0.3 is 10.2 Å². The van der Waals surface area contributed by atoms with E-state index in [4.69, 9.17) is 5.53 Å². The van der Waals surface area contributed by atoms with E-state index in [0.717, 1.165) is 10.0 Å². The highest BCUT2D eigenvalue weighted by molar-refractivity contribution is 9.10. The van der Waals surface area contributed by atoms with Crippen LogP contribution in [0, 0.1) is 6.92 Å². The monoisotopic (exact) mass is 299 g/mol. The lowest BCUT2D eigenvalue weighted by molar-refractivity contribution is 0.0146. The van der Waals surface area contributed by atoms with Gasteiger partial charge in [0.2, 0.25) is 0 Å². The first kappa shape index (κ1) is 14.0. The van der Waals surface area contributed by atoms with E-state index in [0.29, 0.717) is 5.56 Å². The molecule has 0 bridgehead atoms. The van der Waals surface area contributed by atoms with Gasteiger partial charge >= 0.3 is 0 Å². The Bertz CT molecular complexity index is 433. The molecule has 1 aromatic carbocycles. The molecule has 0 spiro atoms. The van der Waals surface area contributed by atoms with E-state index in [1.165, 1.54) is 0 Å². The number of hydrogen-bond donors (Lipinski definition) is 2. The summed E-state index contributed by atoms with van der Waals surface area (Å²) in [7, 11) is 0. The fraction of sp³-hybridized carbons (Fsp3) is 0.455. The van der Waals surface area contributed by atoms with Gasteiger partial charge in [0.25, 0.3) is 0 Å². The molecule has 2 unspecified atom stereocenters. The Morgan fingerprint density at radius 3 is 2.76 bits per heavy atom. The molecule has 0 radical (unpaired) electrons. The lowest BCUT2D eigenvalue weighted by Gasteiger charge is -2.18. The topological polar surface area (TPSA) is 89.2 Å². The van der Waals surface area contributed by atoms with E-state index < -0.39 is 12.2 Å². The van der Waals surface area contributed by atoms with E-state index in [9.17, 15) is 10.2 Å². The van der Waals surface area contributed by atoms with Crippen molar-refractivity contribution in [1.29, 1.82) is 0 Å². The smallest absolute Gasteiger partial charge is 0.106 e. The molecule has 0 aromatic heterocycles. The van der Waals surface area contributed by atoms with Gasteiger partial charge in [0.05, 0.1) is 6.10 Å². The normalized spacial score (nSPS) is 13.9. The molecule has 6 heteroatoms. The van der Waals surface area contributed by atoms with Crippen LogP contribution in [-0.4, -0.2) is 22.9 Å².